The summed E-state index contributed by atoms with van der Waals surface area (Å²) in [6.45, 7) is 0.697. The molecule has 0 bridgehead atoms. The van der Waals surface area contributed by atoms with Gasteiger partial charge in [-0.05, 0) is 28.1 Å². The first-order valence-corrected chi connectivity index (χ1v) is 5.62. The number of nitrogens with zero attached hydrogens (tertiary/aromatic N) is 4. The van der Waals surface area contributed by atoms with Crippen LogP contribution < -0.4 is 4.90 Å². The molecule has 0 radical (unpaired) electrons. The first-order valence-electron chi connectivity index (χ1n) is 4.83. The van der Waals surface area contributed by atoms with Gasteiger partial charge < -0.3 is 4.90 Å². The lowest BCUT2D eigenvalue weighted by atomic mass is 10.4. The molecule has 0 aromatic carbocycles. The molecule has 16 heavy (non-hydrogen) atoms. The maximum absolute atomic E-state index is 4.31. The molecule has 0 aliphatic heterocycles. The van der Waals surface area contributed by atoms with Crippen LogP contribution in [0, 0.1) is 0 Å². The van der Waals surface area contributed by atoms with Gasteiger partial charge in [0.15, 0.2) is 0 Å². The van der Waals surface area contributed by atoms with Gasteiger partial charge >= 0.3 is 0 Å². The van der Waals surface area contributed by atoms with Gasteiger partial charge in [0.05, 0.1) is 18.4 Å². The van der Waals surface area contributed by atoms with Crippen molar-refractivity contribution in [3.05, 3.63) is 47.1 Å². The van der Waals surface area contributed by atoms with E-state index in [1.165, 1.54) is 0 Å². The Bertz CT molecular complexity index is 443. The molecule has 4 nitrogen and oxygen atoms in total. The molecule has 2 heterocycles. The Morgan fingerprint density at radius 3 is 2.69 bits per heavy atom. The van der Waals surface area contributed by atoms with Crippen LogP contribution in [0.2, 0.25) is 0 Å². The van der Waals surface area contributed by atoms with E-state index < -0.39 is 0 Å². The van der Waals surface area contributed by atoms with Crippen molar-refractivity contribution in [1.82, 2.24) is 15.0 Å². The predicted octanol–water partition coefficient (Wildman–Crippen LogP) is 2.27. The molecular formula is C11H11BrN4. The first kappa shape index (κ1) is 11.0. The highest BCUT2D eigenvalue weighted by atomic mass is 79.9. The largest absolute Gasteiger partial charge is 0.354 e. The number of anilines is 1. The molecule has 0 fully saturated rings. The Labute approximate surface area is 103 Å². The molecule has 0 amide bonds. The molecule has 5 heteroatoms. The molecule has 0 spiro atoms. The van der Waals surface area contributed by atoms with Crippen LogP contribution in [0.25, 0.3) is 0 Å². The minimum absolute atomic E-state index is 0.697. The van der Waals surface area contributed by atoms with Crippen LogP contribution in [-0.2, 0) is 6.54 Å². The lowest BCUT2D eigenvalue weighted by Gasteiger charge is -2.17. The van der Waals surface area contributed by atoms with Gasteiger partial charge in [0.1, 0.15) is 5.82 Å². The monoisotopic (exact) mass is 278 g/mol. The van der Waals surface area contributed by atoms with E-state index in [1.54, 1.807) is 24.8 Å². The highest BCUT2D eigenvalue weighted by Gasteiger charge is 2.03. The molecule has 0 atom stereocenters. The zero-order valence-electron chi connectivity index (χ0n) is 8.84. The van der Waals surface area contributed by atoms with Crippen molar-refractivity contribution < 1.29 is 0 Å². The average molecular weight is 279 g/mol. The van der Waals surface area contributed by atoms with E-state index in [4.69, 9.17) is 0 Å². The molecule has 0 aliphatic carbocycles. The lowest BCUT2D eigenvalue weighted by molar-refractivity contribution is 0.855. The van der Waals surface area contributed by atoms with Crippen molar-refractivity contribution in [1.29, 1.82) is 0 Å². The Balaban J connectivity index is 2.09. The molecule has 0 unspecified atom stereocenters. The van der Waals surface area contributed by atoms with Crippen molar-refractivity contribution in [2.75, 3.05) is 11.9 Å². The molecule has 0 saturated heterocycles. The molecule has 2 aromatic rings. The number of pyridine rings is 1. The van der Waals surface area contributed by atoms with Gasteiger partial charge in [0.25, 0.3) is 0 Å². The fourth-order valence-electron chi connectivity index (χ4n) is 1.33. The highest BCUT2D eigenvalue weighted by molar-refractivity contribution is 9.10. The van der Waals surface area contributed by atoms with Crippen LogP contribution >= 0.6 is 15.9 Å². The van der Waals surface area contributed by atoms with Crippen LogP contribution in [0.3, 0.4) is 0 Å². The number of aromatic nitrogens is 3. The van der Waals surface area contributed by atoms with Crippen LogP contribution in [0.4, 0.5) is 5.82 Å². The third kappa shape index (κ3) is 2.76. The summed E-state index contributed by atoms with van der Waals surface area (Å²) in [5, 5.41) is 0. The second kappa shape index (κ2) is 5.03. The second-order valence-corrected chi connectivity index (χ2v) is 4.30. The summed E-state index contributed by atoms with van der Waals surface area (Å²) in [5.41, 5.74) is 0.926. The number of hydrogen-bond acceptors (Lipinski definition) is 4. The van der Waals surface area contributed by atoms with Crippen LogP contribution in [0.15, 0.2) is 41.4 Å². The maximum atomic E-state index is 4.31. The van der Waals surface area contributed by atoms with E-state index in [9.17, 15) is 0 Å². The van der Waals surface area contributed by atoms with Gasteiger partial charge in [-0.3, -0.25) is 9.97 Å². The van der Waals surface area contributed by atoms with Crippen molar-refractivity contribution in [3.8, 4) is 0 Å². The Hall–Kier alpha value is -1.49. The predicted molar refractivity (Wildman–Crippen MR) is 66.1 cm³/mol. The fraction of sp³-hybridized carbons (Fsp3) is 0.182. The summed E-state index contributed by atoms with van der Waals surface area (Å²) in [7, 11) is 1.98. The summed E-state index contributed by atoms with van der Waals surface area (Å²) in [6.07, 6.45) is 6.90. The Morgan fingerprint density at radius 1 is 1.19 bits per heavy atom. The van der Waals surface area contributed by atoms with Crippen LogP contribution in [0.1, 0.15) is 5.69 Å². The maximum Gasteiger partial charge on any atom is 0.128 e. The summed E-state index contributed by atoms with van der Waals surface area (Å²) in [5.74, 6) is 0.911. The molecule has 0 N–H and O–H groups in total. The summed E-state index contributed by atoms with van der Waals surface area (Å²) >= 11 is 3.36. The topological polar surface area (TPSA) is 41.9 Å². The van der Waals surface area contributed by atoms with Crippen molar-refractivity contribution in [2.24, 2.45) is 0 Å². The lowest BCUT2D eigenvalue weighted by Crippen LogP contribution is -2.18. The van der Waals surface area contributed by atoms with Gasteiger partial charge in [-0.2, -0.15) is 0 Å². The Morgan fingerprint density at radius 2 is 2.06 bits per heavy atom. The quantitative estimate of drug-likeness (QED) is 0.864. The van der Waals surface area contributed by atoms with Gasteiger partial charge in [-0.15, -0.1) is 0 Å². The van der Waals surface area contributed by atoms with E-state index in [0.717, 1.165) is 16.0 Å². The number of rotatable bonds is 3. The average Bonchev–Trinajstić information content (AvgIpc) is 2.31. The molecular weight excluding hydrogens is 268 g/mol. The highest BCUT2D eigenvalue weighted by Crippen LogP contribution is 2.14. The van der Waals surface area contributed by atoms with Gasteiger partial charge in [0, 0.05) is 30.1 Å². The van der Waals surface area contributed by atoms with Crippen LogP contribution in [-0.4, -0.2) is 22.0 Å². The minimum Gasteiger partial charge on any atom is -0.354 e. The normalized spacial score (nSPS) is 10.1. The first-order chi connectivity index (χ1) is 7.75. The van der Waals surface area contributed by atoms with Gasteiger partial charge in [-0.1, -0.05) is 0 Å². The summed E-state index contributed by atoms with van der Waals surface area (Å²) in [6, 6.07) is 3.93. The molecule has 82 valence electrons. The van der Waals surface area contributed by atoms with E-state index in [0.29, 0.717) is 6.54 Å². The van der Waals surface area contributed by atoms with Crippen molar-refractivity contribution in [3.63, 3.8) is 0 Å². The number of halogens is 1. The molecule has 0 aliphatic rings. The summed E-state index contributed by atoms with van der Waals surface area (Å²) < 4.78 is 0.976. The standard InChI is InChI=1S/C11H11BrN4/c1-16(8-10-7-13-4-5-14-10)11-3-2-9(12)6-15-11/h2-7H,8H2,1H3. The van der Waals surface area contributed by atoms with E-state index in [1.807, 2.05) is 24.1 Å². The molecule has 2 rings (SSSR count). The van der Waals surface area contributed by atoms with Gasteiger partial charge in [0.2, 0.25) is 0 Å². The summed E-state index contributed by atoms with van der Waals surface area (Å²) in [4.78, 5) is 14.6. The van der Waals surface area contributed by atoms with Crippen molar-refractivity contribution in [2.45, 2.75) is 6.54 Å². The molecule has 0 saturated carbocycles. The van der Waals surface area contributed by atoms with E-state index in [2.05, 4.69) is 30.9 Å². The zero-order chi connectivity index (χ0) is 11.4. The SMILES string of the molecule is CN(Cc1cnccn1)c1ccc(Br)cn1. The van der Waals surface area contributed by atoms with E-state index in [-0.39, 0.29) is 0 Å². The zero-order valence-corrected chi connectivity index (χ0v) is 10.4. The minimum atomic E-state index is 0.697. The Kier molecular flexibility index (Phi) is 3.46. The number of hydrogen-bond donors (Lipinski definition) is 0. The smallest absolute Gasteiger partial charge is 0.128 e. The van der Waals surface area contributed by atoms with Crippen molar-refractivity contribution >= 4 is 21.7 Å². The third-order valence-electron chi connectivity index (χ3n) is 2.12. The van der Waals surface area contributed by atoms with Gasteiger partial charge in [-0.25, -0.2) is 4.98 Å². The van der Waals surface area contributed by atoms with Crippen LogP contribution in [0.5, 0.6) is 0 Å². The van der Waals surface area contributed by atoms with E-state index >= 15 is 0 Å². The second-order valence-electron chi connectivity index (χ2n) is 3.39. The third-order valence-corrected chi connectivity index (χ3v) is 2.59. The molecule has 2 aromatic heterocycles. The fourth-order valence-corrected chi connectivity index (χ4v) is 1.56.